The van der Waals surface area contributed by atoms with E-state index in [1.807, 2.05) is 42.5 Å². The minimum Gasteiger partial charge on any atom is -0.300 e. The number of hydrogen-bond acceptors (Lipinski definition) is 10. The third-order valence-electron chi connectivity index (χ3n) is 5.35. The summed E-state index contributed by atoms with van der Waals surface area (Å²) in [5.41, 5.74) is 2.34. The molecule has 2 amide bonds. The van der Waals surface area contributed by atoms with Gasteiger partial charge in [0.15, 0.2) is 8.68 Å². The number of carbonyl (C=O) groups is 2. The molecule has 192 valence electrons. The molecule has 0 fully saturated rings. The lowest BCUT2D eigenvalue weighted by Gasteiger charge is -2.04. The molecule has 8 nitrogen and oxygen atoms in total. The van der Waals surface area contributed by atoms with Crippen LogP contribution in [0.1, 0.15) is 17.5 Å². The quantitative estimate of drug-likeness (QED) is 0.142. The van der Waals surface area contributed by atoms with Crippen LogP contribution in [-0.2, 0) is 21.8 Å². The van der Waals surface area contributed by atoms with E-state index in [1.165, 1.54) is 50.8 Å². The van der Waals surface area contributed by atoms with Crippen molar-refractivity contribution in [3.05, 3.63) is 83.9 Å². The van der Waals surface area contributed by atoms with Crippen molar-refractivity contribution in [3.63, 3.8) is 0 Å². The summed E-state index contributed by atoms with van der Waals surface area (Å²) < 4.78 is 1.39. The number of hydrogen-bond donors (Lipinski definition) is 2. The van der Waals surface area contributed by atoms with Gasteiger partial charge in [-0.1, -0.05) is 119 Å². The van der Waals surface area contributed by atoms with E-state index in [0.29, 0.717) is 27.4 Å². The summed E-state index contributed by atoms with van der Waals surface area (Å²) in [7, 11) is 0. The molecule has 0 bridgehead atoms. The first-order valence-corrected chi connectivity index (χ1v) is 15.3. The standard InChI is InChI=1S/C26H22N6O2S4/c33-21(14-13-17-7-2-1-3-8-17)27-23-29-32-26(37-23)36-16-22(34)28-24-30-31-25(38-24)35-15-19-11-6-10-18-9-4-5-12-20(18)19/h1-12H,13-16H2,(H,27,29,33)(H,28,30,34). The van der Waals surface area contributed by atoms with Crippen LogP contribution in [0, 0.1) is 0 Å². The number of nitrogens with zero attached hydrogens (tertiary/aromatic N) is 4. The van der Waals surface area contributed by atoms with Crippen LogP contribution in [0.5, 0.6) is 0 Å². The third kappa shape index (κ3) is 7.38. The van der Waals surface area contributed by atoms with Gasteiger partial charge in [0, 0.05) is 12.2 Å². The Hall–Kier alpha value is -3.32. The van der Waals surface area contributed by atoms with Gasteiger partial charge < -0.3 is 5.32 Å². The van der Waals surface area contributed by atoms with Gasteiger partial charge in [0.2, 0.25) is 22.1 Å². The van der Waals surface area contributed by atoms with Crippen LogP contribution in [0.3, 0.4) is 0 Å². The Balaban J connectivity index is 1.05. The highest BCUT2D eigenvalue weighted by atomic mass is 32.2. The molecular formula is C26H22N6O2S4. The molecule has 0 aliphatic carbocycles. The molecular weight excluding hydrogens is 557 g/mol. The van der Waals surface area contributed by atoms with Crippen LogP contribution in [0.4, 0.5) is 10.3 Å². The number of carbonyl (C=O) groups excluding carboxylic acids is 2. The Kier molecular flexibility index (Phi) is 8.97. The monoisotopic (exact) mass is 578 g/mol. The second-order valence-corrected chi connectivity index (χ2v) is 12.4. The molecule has 5 rings (SSSR count). The summed E-state index contributed by atoms with van der Waals surface area (Å²) >= 11 is 5.44. The van der Waals surface area contributed by atoms with Crippen molar-refractivity contribution in [2.24, 2.45) is 0 Å². The van der Waals surface area contributed by atoms with Crippen LogP contribution in [0.2, 0.25) is 0 Å². The van der Waals surface area contributed by atoms with Gasteiger partial charge in [-0.2, -0.15) is 0 Å². The largest absolute Gasteiger partial charge is 0.300 e. The summed E-state index contributed by atoms with van der Waals surface area (Å²) in [6.07, 6.45) is 1.01. The maximum Gasteiger partial charge on any atom is 0.236 e. The fraction of sp³-hybridized carbons (Fsp3) is 0.154. The highest BCUT2D eigenvalue weighted by molar-refractivity contribution is 8.01. The van der Waals surface area contributed by atoms with Crippen molar-refractivity contribution in [1.82, 2.24) is 20.4 Å². The van der Waals surface area contributed by atoms with Crippen LogP contribution >= 0.6 is 46.2 Å². The zero-order chi connectivity index (χ0) is 26.2. The number of thioether (sulfide) groups is 2. The summed E-state index contributed by atoms with van der Waals surface area (Å²) in [4.78, 5) is 24.6. The van der Waals surface area contributed by atoms with E-state index in [4.69, 9.17) is 0 Å². The smallest absolute Gasteiger partial charge is 0.236 e. The van der Waals surface area contributed by atoms with Crippen LogP contribution < -0.4 is 10.6 Å². The molecule has 0 radical (unpaired) electrons. The molecule has 5 aromatic rings. The van der Waals surface area contributed by atoms with E-state index >= 15 is 0 Å². The molecule has 3 aromatic carbocycles. The normalized spacial score (nSPS) is 10.9. The number of nitrogens with one attached hydrogen (secondary N) is 2. The minimum atomic E-state index is -0.208. The first-order chi connectivity index (χ1) is 18.6. The number of amides is 2. The molecule has 0 spiro atoms. The van der Waals surface area contributed by atoms with Gasteiger partial charge in [0.05, 0.1) is 5.75 Å². The van der Waals surface area contributed by atoms with Crippen LogP contribution in [-0.4, -0.2) is 38.0 Å². The van der Waals surface area contributed by atoms with Crippen molar-refractivity contribution >= 4 is 79.0 Å². The first-order valence-electron chi connectivity index (χ1n) is 11.7. The molecule has 0 aliphatic rings. The Bertz CT molecular complexity index is 1530. The van der Waals surface area contributed by atoms with Crippen LogP contribution in [0.15, 0.2) is 81.5 Å². The number of aryl methyl sites for hydroxylation is 1. The van der Waals surface area contributed by atoms with Gasteiger partial charge >= 0.3 is 0 Å². The van der Waals surface area contributed by atoms with Crippen LogP contribution in [0.25, 0.3) is 10.8 Å². The van der Waals surface area contributed by atoms with Gasteiger partial charge in [0.1, 0.15) is 0 Å². The van der Waals surface area contributed by atoms with Gasteiger partial charge in [-0.3, -0.25) is 14.9 Å². The topological polar surface area (TPSA) is 110 Å². The van der Waals surface area contributed by atoms with E-state index < -0.39 is 0 Å². The fourth-order valence-electron chi connectivity index (χ4n) is 3.56. The molecule has 12 heteroatoms. The lowest BCUT2D eigenvalue weighted by Crippen LogP contribution is -2.13. The lowest BCUT2D eigenvalue weighted by molar-refractivity contribution is -0.116. The molecule has 0 aliphatic heterocycles. The summed E-state index contributed by atoms with van der Waals surface area (Å²) in [5.74, 6) is 0.585. The molecule has 0 saturated heterocycles. The predicted molar refractivity (Wildman–Crippen MR) is 156 cm³/mol. The molecule has 2 N–H and O–H groups in total. The maximum absolute atomic E-state index is 12.4. The summed E-state index contributed by atoms with van der Waals surface area (Å²) in [6, 6.07) is 24.4. The molecule has 0 saturated carbocycles. The fourth-order valence-corrected chi connectivity index (χ4v) is 6.90. The maximum atomic E-state index is 12.4. The van der Waals surface area contributed by atoms with Crippen molar-refractivity contribution in [2.75, 3.05) is 16.4 Å². The van der Waals surface area contributed by atoms with Gasteiger partial charge in [-0.05, 0) is 28.3 Å². The molecule has 2 heterocycles. The number of benzene rings is 3. The molecule has 0 unspecified atom stereocenters. The van der Waals surface area contributed by atoms with E-state index in [-0.39, 0.29) is 17.6 Å². The average Bonchev–Trinajstić information content (AvgIpc) is 3.59. The Labute approximate surface area is 235 Å². The van der Waals surface area contributed by atoms with E-state index in [2.05, 4.69) is 61.4 Å². The zero-order valence-electron chi connectivity index (χ0n) is 20.0. The SMILES string of the molecule is O=C(CCc1ccccc1)Nc1nnc(SCC(=O)Nc2nnc(SCc3cccc4ccccc34)s2)s1. The molecule has 2 aromatic heterocycles. The predicted octanol–water partition coefficient (Wildman–Crippen LogP) is 6.14. The van der Waals surface area contributed by atoms with Crippen molar-refractivity contribution in [2.45, 2.75) is 27.3 Å². The lowest BCUT2D eigenvalue weighted by atomic mass is 10.1. The first kappa shape index (κ1) is 26.3. The van der Waals surface area contributed by atoms with Gasteiger partial charge in [-0.15, -0.1) is 20.4 Å². The van der Waals surface area contributed by atoms with Gasteiger partial charge in [-0.25, -0.2) is 0 Å². The van der Waals surface area contributed by atoms with E-state index in [9.17, 15) is 9.59 Å². The minimum absolute atomic E-state index is 0.121. The second kappa shape index (κ2) is 13.0. The van der Waals surface area contributed by atoms with Crippen molar-refractivity contribution < 1.29 is 9.59 Å². The van der Waals surface area contributed by atoms with E-state index in [1.54, 1.807) is 11.8 Å². The Morgan fingerprint density at radius 2 is 1.37 bits per heavy atom. The Morgan fingerprint density at radius 1 is 0.711 bits per heavy atom. The molecule has 0 atom stereocenters. The Morgan fingerprint density at radius 3 is 2.16 bits per heavy atom. The second-order valence-electron chi connectivity index (χ2n) is 8.04. The average molecular weight is 579 g/mol. The summed E-state index contributed by atoms with van der Waals surface area (Å²) in [5, 5.41) is 25.2. The number of rotatable bonds is 11. The van der Waals surface area contributed by atoms with Crippen molar-refractivity contribution in [3.8, 4) is 0 Å². The number of aromatic nitrogens is 4. The zero-order valence-corrected chi connectivity index (χ0v) is 23.3. The number of fused-ring (bicyclic) bond motifs is 1. The van der Waals surface area contributed by atoms with Gasteiger partial charge in [0.25, 0.3) is 0 Å². The highest BCUT2D eigenvalue weighted by Gasteiger charge is 2.13. The van der Waals surface area contributed by atoms with Crippen molar-refractivity contribution in [1.29, 1.82) is 0 Å². The van der Waals surface area contributed by atoms with E-state index in [0.717, 1.165) is 15.7 Å². The summed E-state index contributed by atoms with van der Waals surface area (Å²) in [6.45, 7) is 0. The highest BCUT2D eigenvalue weighted by Crippen LogP contribution is 2.31. The third-order valence-corrected chi connectivity index (χ3v) is 9.34. The molecule has 38 heavy (non-hydrogen) atoms. The number of anilines is 2.